The fourth-order valence-electron chi connectivity index (χ4n) is 8.42. The number of nitrogens with zero attached hydrogens (tertiary/aromatic N) is 1. The van der Waals surface area contributed by atoms with Crippen LogP contribution in [-0.4, -0.2) is 0 Å². The number of anilines is 3. The van der Waals surface area contributed by atoms with Gasteiger partial charge in [0, 0.05) is 33.4 Å². The van der Waals surface area contributed by atoms with E-state index in [2.05, 4.69) is 193 Å². The molecule has 0 aliphatic heterocycles. The van der Waals surface area contributed by atoms with Crippen molar-refractivity contribution >= 4 is 82.1 Å². The molecule has 11 aromatic rings. The first-order valence-electron chi connectivity index (χ1n) is 18.5. The molecule has 0 fully saturated rings. The smallest absolute Gasteiger partial charge is 0.143 e. The third-order valence-electron chi connectivity index (χ3n) is 11.0. The summed E-state index contributed by atoms with van der Waals surface area (Å²) < 4.78 is 6.42. The monoisotopic (exact) mass is 687 g/mol. The standard InChI is InChI=1S/C52H33NO/c1-3-12-42-34(10-1)20-21-36-26-31-41(33-50(36)42)53(39-27-22-35(23-28-39)44-17-9-18-48-47-16-7-8-19-51(47)54-52(44)48)40-29-24-37(25-30-40)49-32-38-11-2-4-13-43(38)45-14-5-6-15-46(45)49/h1-33H. The number of furan rings is 1. The lowest BCUT2D eigenvalue weighted by molar-refractivity contribution is 0.670. The van der Waals surface area contributed by atoms with Gasteiger partial charge in [-0.15, -0.1) is 0 Å². The number of benzene rings is 10. The van der Waals surface area contributed by atoms with Crippen LogP contribution in [0.2, 0.25) is 0 Å². The molecule has 252 valence electrons. The molecule has 0 saturated carbocycles. The van der Waals surface area contributed by atoms with Gasteiger partial charge in [0.25, 0.3) is 0 Å². The van der Waals surface area contributed by atoms with E-state index >= 15 is 0 Å². The van der Waals surface area contributed by atoms with Gasteiger partial charge in [-0.3, -0.25) is 0 Å². The topological polar surface area (TPSA) is 16.4 Å². The highest BCUT2D eigenvalue weighted by atomic mass is 16.3. The second-order valence-corrected chi connectivity index (χ2v) is 14.1. The molecule has 0 amide bonds. The summed E-state index contributed by atoms with van der Waals surface area (Å²) in [7, 11) is 0. The summed E-state index contributed by atoms with van der Waals surface area (Å²) >= 11 is 0. The SMILES string of the molecule is c1ccc2c(c1)ccc1ccc(N(c3ccc(-c4cc5ccccc5c5ccccc45)cc3)c3ccc(-c4cccc5c4oc4ccccc45)cc3)cc12. The highest BCUT2D eigenvalue weighted by molar-refractivity contribution is 6.14. The Balaban J connectivity index is 1.06. The number of rotatable bonds is 5. The fraction of sp³-hybridized carbons (Fsp3) is 0. The molecule has 1 heterocycles. The molecule has 1 aromatic heterocycles. The predicted molar refractivity (Wildman–Crippen MR) is 229 cm³/mol. The Hall–Kier alpha value is -7.16. The van der Waals surface area contributed by atoms with Crippen LogP contribution < -0.4 is 4.90 Å². The molecular formula is C52H33NO. The number of para-hydroxylation sites is 2. The normalized spacial score (nSPS) is 11.7. The maximum absolute atomic E-state index is 6.42. The van der Waals surface area contributed by atoms with Gasteiger partial charge in [-0.1, -0.05) is 152 Å². The van der Waals surface area contributed by atoms with Crippen LogP contribution in [0, 0.1) is 0 Å². The Bertz CT molecular complexity index is 3210. The summed E-state index contributed by atoms with van der Waals surface area (Å²) in [6.45, 7) is 0. The van der Waals surface area contributed by atoms with E-state index in [1.807, 2.05) is 12.1 Å². The van der Waals surface area contributed by atoms with Crippen molar-refractivity contribution in [1.82, 2.24) is 0 Å². The molecule has 0 spiro atoms. The highest BCUT2D eigenvalue weighted by Crippen LogP contribution is 2.42. The number of hydrogen-bond acceptors (Lipinski definition) is 2. The van der Waals surface area contributed by atoms with Gasteiger partial charge < -0.3 is 9.32 Å². The summed E-state index contributed by atoms with van der Waals surface area (Å²) in [4.78, 5) is 2.37. The molecule has 0 unspecified atom stereocenters. The Morgan fingerprint density at radius 3 is 1.56 bits per heavy atom. The maximum Gasteiger partial charge on any atom is 0.143 e. The number of fused-ring (bicyclic) bond motifs is 9. The molecule has 11 rings (SSSR count). The maximum atomic E-state index is 6.42. The first-order chi connectivity index (χ1) is 26.8. The van der Waals surface area contributed by atoms with E-state index in [9.17, 15) is 0 Å². The van der Waals surface area contributed by atoms with E-state index < -0.39 is 0 Å². The van der Waals surface area contributed by atoms with E-state index in [-0.39, 0.29) is 0 Å². The van der Waals surface area contributed by atoms with Crippen molar-refractivity contribution in [2.24, 2.45) is 0 Å². The lowest BCUT2D eigenvalue weighted by Gasteiger charge is -2.26. The average Bonchev–Trinajstić information content (AvgIpc) is 3.63. The minimum atomic E-state index is 0.909. The molecule has 0 bridgehead atoms. The van der Waals surface area contributed by atoms with Crippen molar-refractivity contribution in [3.63, 3.8) is 0 Å². The molecule has 2 nitrogen and oxygen atoms in total. The van der Waals surface area contributed by atoms with E-state index in [4.69, 9.17) is 4.42 Å². The molecule has 54 heavy (non-hydrogen) atoms. The zero-order valence-corrected chi connectivity index (χ0v) is 29.4. The lowest BCUT2D eigenvalue weighted by atomic mass is 9.93. The van der Waals surface area contributed by atoms with Gasteiger partial charge in [0.15, 0.2) is 0 Å². The second-order valence-electron chi connectivity index (χ2n) is 14.1. The van der Waals surface area contributed by atoms with Crippen LogP contribution in [0.15, 0.2) is 205 Å². The molecule has 0 N–H and O–H groups in total. The van der Waals surface area contributed by atoms with Gasteiger partial charge in [-0.2, -0.15) is 0 Å². The molecule has 0 aliphatic rings. The minimum absolute atomic E-state index is 0.909. The number of hydrogen-bond donors (Lipinski definition) is 0. The van der Waals surface area contributed by atoms with Gasteiger partial charge >= 0.3 is 0 Å². The highest BCUT2D eigenvalue weighted by Gasteiger charge is 2.17. The summed E-state index contributed by atoms with van der Waals surface area (Å²) in [5.74, 6) is 0. The van der Waals surface area contributed by atoms with Crippen LogP contribution in [0.25, 0.3) is 87.3 Å². The van der Waals surface area contributed by atoms with Gasteiger partial charge in [0.2, 0.25) is 0 Å². The zero-order valence-electron chi connectivity index (χ0n) is 29.4. The fourth-order valence-corrected chi connectivity index (χ4v) is 8.42. The molecule has 0 saturated heterocycles. The predicted octanol–water partition coefficient (Wildman–Crippen LogP) is 15.0. The minimum Gasteiger partial charge on any atom is -0.455 e. The van der Waals surface area contributed by atoms with Crippen LogP contribution in [-0.2, 0) is 0 Å². The molecular weight excluding hydrogens is 655 g/mol. The van der Waals surface area contributed by atoms with Gasteiger partial charge in [-0.25, -0.2) is 0 Å². The van der Waals surface area contributed by atoms with Crippen LogP contribution in [0.4, 0.5) is 17.1 Å². The first kappa shape index (κ1) is 30.5. The molecule has 0 radical (unpaired) electrons. The zero-order chi connectivity index (χ0) is 35.6. The molecule has 0 atom stereocenters. The Morgan fingerprint density at radius 2 is 0.815 bits per heavy atom. The van der Waals surface area contributed by atoms with E-state index in [0.717, 1.165) is 50.1 Å². The third kappa shape index (κ3) is 4.88. The second kappa shape index (κ2) is 12.2. The Morgan fingerprint density at radius 1 is 0.296 bits per heavy atom. The summed E-state index contributed by atoms with van der Waals surface area (Å²) in [5, 5.41) is 12.3. The van der Waals surface area contributed by atoms with Crippen molar-refractivity contribution in [1.29, 1.82) is 0 Å². The van der Waals surface area contributed by atoms with Crippen molar-refractivity contribution in [2.45, 2.75) is 0 Å². The summed E-state index contributed by atoms with van der Waals surface area (Å²) in [6, 6.07) is 72.3. The van der Waals surface area contributed by atoms with Crippen LogP contribution in [0.1, 0.15) is 0 Å². The van der Waals surface area contributed by atoms with Crippen molar-refractivity contribution in [3.05, 3.63) is 200 Å². The van der Waals surface area contributed by atoms with Crippen molar-refractivity contribution < 1.29 is 4.42 Å². The molecule has 10 aromatic carbocycles. The van der Waals surface area contributed by atoms with Crippen molar-refractivity contribution in [2.75, 3.05) is 4.90 Å². The quantitative estimate of drug-likeness (QED) is 0.168. The van der Waals surface area contributed by atoms with E-state index in [1.165, 1.54) is 54.2 Å². The van der Waals surface area contributed by atoms with Crippen LogP contribution in [0.5, 0.6) is 0 Å². The van der Waals surface area contributed by atoms with Crippen molar-refractivity contribution in [3.8, 4) is 22.3 Å². The Kier molecular flexibility index (Phi) is 6.90. The lowest BCUT2D eigenvalue weighted by Crippen LogP contribution is -2.10. The third-order valence-corrected chi connectivity index (χ3v) is 11.0. The molecule has 0 aliphatic carbocycles. The van der Waals surface area contributed by atoms with Crippen LogP contribution in [0.3, 0.4) is 0 Å². The first-order valence-corrected chi connectivity index (χ1v) is 18.5. The van der Waals surface area contributed by atoms with E-state index in [1.54, 1.807) is 0 Å². The van der Waals surface area contributed by atoms with Gasteiger partial charge in [0.1, 0.15) is 11.2 Å². The van der Waals surface area contributed by atoms with E-state index in [0.29, 0.717) is 0 Å². The summed E-state index contributed by atoms with van der Waals surface area (Å²) in [5.41, 5.74) is 9.75. The Labute approximate surface area is 312 Å². The average molecular weight is 688 g/mol. The molecule has 2 heteroatoms. The summed E-state index contributed by atoms with van der Waals surface area (Å²) in [6.07, 6.45) is 0. The van der Waals surface area contributed by atoms with Gasteiger partial charge in [-0.05, 0) is 108 Å². The van der Waals surface area contributed by atoms with Crippen LogP contribution >= 0.6 is 0 Å². The van der Waals surface area contributed by atoms with Gasteiger partial charge in [0.05, 0.1) is 0 Å². The largest absolute Gasteiger partial charge is 0.455 e.